The van der Waals surface area contributed by atoms with Crippen molar-refractivity contribution in [3.05, 3.63) is 104 Å². The number of ketones is 1. The highest BCUT2D eigenvalue weighted by Gasteiger charge is 2.41. The molecule has 0 fully saturated rings. The van der Waals surface area contributed by atoms with Gasteiger partial charge in [-0.15, -0.1) is 20.5 Å². The summed E-state index contributed by atoms with van der Waals surface area (Å²) in [4.78, 5) is 56.3. The van der Waals surface area contributed by atoms with Crippen LogP contribution < -0.4 is 10.6 Å². The number of azo groups is 2. The molecule has 0 saturated heterocycles. The summed E-state index contributed by atoms with van der Waals surface area (Å²) >= 11 is 24.3. The SMILES string of the molecule is O=C(/N=C1\N=Nc2nc(C(C(=O)c3ccc(Cl)cc3Cl)c3nc(O)c4n3/C(=N/C(=O)Nc3ccc(Cl)cc3)N=N4)c(O)n21)Nc1ccc(Cl)cc1. The molecule has 4 amide bonds. The van der Waals surface area contributed by atoms with Crippen LogP contribution in [-0.2, 0) is 0 Å². The molecule has 0 aliphatic carbocycles. The van der Waals surface area contributed by atoms with Gasteiger partial charge in [0.1, 0.15) is 17.4 Å². The summed E-state index contributed by atoms with van der Waals surface area (Å²) in [5, 5.41) is 43.9. The van der Waals surface area contributed by atoms with Crippen LogP contribution in [0.1, 0.15) is 27.8 Å². The molecule has 7 rings (SSSR count). The molecule has 3 aromatic carbocycles. The Kier molecular flexibility index (Phi) is 8.78. The number of aromatic nitrogens is 4. The van der Waals surface area contributed by atoms with E-state index in [0.29, 0.717) is 21.4 Å². The van der Waals surface area contributed by atoms with Crippen LogP contribution >= 0.6 is 46.4 Å². The minimum absolute atomic E-state index is 0.0624. The largest absolute Gasteiger partial charge is 0.493 e. The predicted octanol–water partition coefficient (Wildman–Crippen LogP) is 8.19. The molecule has 21 heteroatoms. The van der Waals surface area contributed by atoms with Gasteiger partial charge in [-0.1, -0.05) is 46.4 Å². The molecule has 2 aliphatic heterocycles. The van der Waals surface area contributed by atoms with Crippen LogP contribution in [0.15, 0.2) is 97.2 Å². The second-order valence-electron chi connectivity index (χ2n) is 10.4. The van der Waals surface area contributed by atoms with Crippen LogP contribution in [0.5, 0.6) is 11.8 Å². The first-order valence-electron chi connectivity index (χ1n) is 14.2. The van der Waals surface area contributed by atoms with Gasteiger partial charge >= 0.3 is 12.1 Å². The second kappa shape index (κ2) is 13.4. The van der Waals surface area contributed by atoms with Crippen molar-refractivity contribution in [2.45, 2.75) is 5.92 Å². The average Bonchev–Trinajstić information content (AvgIpc) is 3.84. The number of Topliss-reactive ketones (excluding diaryl/α,β-unsaturated/α-hetero) is 1. The van der Waals surface area contributed by atoms with E-state index in [0.717, 1.165) is 9.13 Å². The zero-order chi connectivity index (χ0) is 36.0. The van der Waals surface area contributed by atoms with Gasteiger partial charge < -0.3 is 20.8 Å². The first-order chi connectivity index (χ1) is 24.5. The summed E-state index contributed by atoms with van der Waals surface area (Å²) < 4.78 is 1.95. The minimum atomic E-state index is -1.70. The number of carbonyl (C=O) groups excluding carboxylic acids is 3. The number of rotatable bonds is 6. The number of halogens is 4. The van der Waals surface area contributed by atoms with Gasteiger partial charge in [-0.2, -0.15) is 15.0 Å². The van der Waals surface area contributed by atoms with Crippen LogP contribution in [0.25, 0.3) is 0 Å². The molecule has 2 aromatic heterocycles. The summed E-state index contributed by atoms with van der Waals surface area (Å²) in [6.45, 7) is 0. The molecule has 0 radical (unpaired) electrons. The van der Waals surface area contributed by atoms with E-state index in [-0.39, 0.29) is 38.9 Å². The lowest BCUT2D eigenvalue weighted by Gasteiger charge is -2.16. The molecule has 0 bridgehead atoms. The van der Waals surface area contributed by atoms with Crippen molar-refractivity contribution in [1.29, 1.82) is 0 Å². The summed E-state index contributed by atoms with van der Waals surface area (Å²) in [7, 11) is 0. The Morgan fingerprint density at radius 1 is 0.686 bits per heavy atom. The van der Waals surface area contributed by atoms with Gasteiger partial charge in [0.2, 0.25) is 11.7 Å². The number of urea groups is 2. The smallest absolute Gasteiger partial charge is 0.348 e. The maximum absolute atomic E-state index is 14.4. The van der Waals surface area contributed by atoms with Crippen molar-refractivity contribution in [2.24, 2.45) is 30.4 Å². The fraction of sp³-hybridized carbons (Fsp3) is 0.0333. The topological polar surface area (TPSA) is 226 Å². The number of nitrogens with one attached hydrogen (secondary N) is 2. The van der Waals surface area contributed by atoms with Gasteiger partial charge in [-0.25, -0.2) is 23.7 Å². The first-order valence-corrected chi connectivity index (χ1v) is 15.7. The average molecular weight is 766 g/mol. The number of fused-ring (bicyclic) bond motifs is 2. The van der Waals surface area contributed by atoms with Crippen molar-refractivity contribution in [3.8, 4) is 11.8 Å². The van der Waals surface area contributed by atoms with Gasteiger partial charge in [0.15, 0.2) is 5.78 Å². The van der Waals surface area contributed by atoms with E-state index in [1.807, 2.05) is 0 Å². The normalized spacial score (nSPS) is 14.9. The molecule has 2 aliphatic rings. The Labute approximate surface area is 304 Å². The van der Waals surface area contributed by atoms with Crippen molar-refractivity contribution >= 4 is 99.3 Å². The van der Waals surface area contributed by atoms with Gasteiger partial charge in [0, 0.05) is 32.0 Å². The number of hydrogen-bond donors (Lipinski definition) is 4. The second-order valence-corrected chi connectivity index (χ2v) is 12.1. The Hall–Kier alpha value is -6.01. The lowest BCUT2D eigenvalue weighted by Crippen LogP contribution is -2.23. The van der Waals surface area contributed by atoms with Gasteiger partial charge in [-0.3, -0.25) is 4.79 Å². The van der Waals surface area contributed by atoms with E-state index in [4.69, 9.17) is 46.4 Å². The first kappa shape index (κ1) is 33.5. The summed E-state index contributed by atoms with van der Waals surface area (Å²) in [6.07, 6.45) is 0. The van der Waals surface area contributed by atoms with E-state index in [2.05, 4.69) is 51.0 Å². The third-order valence-corrected chi connectivity index (χ3v) is 8.22. The molecular weight excluding hydrogens is 750 g/mol. The quantitative estimate of drug-likeness (QED) is 0.124. The fourth-order valence-corrected chi connectivity index (χ4v) is 5.69. The third kappa shape index (κ3) is 6.53. The molecule has 0 saturated carbocycles. The molecule has 51 heavy (non-hydrogen) atoms. The lowest BCUT2D eigenvalue weighted by atomic mass is 9.93. The number of benzene rings is 3. The van der Waals surface area contributed by atoms with Crippen LogP contribution in [0, 0.1) is 0 Å². The zero-order valence-corrected chi connectivity index (χ0v) is 28.1. The van der Waals surface area contributed by atoms with Crippen molar-refractivity contribution < 1.29 is 24.6 Å². The molecule has 5 aromatic rings. The third-order valence-electron chi connectivity index (χ3n) is 7.17. The monoisotopic (exact) mass is 764 g/mol. The Bertz CT molecular complexity index is 2400. The molecule has 17 nitrogen and oxygen atoms in total. The maximum atomic E-state index is 14.4. The zero-order valence-electron chi connectivity index (χ0n) is 25.0. The molecule has 4 heterocycles. The van der Waals surface area contributed by atoms with Gasteiger partial charge in [0.05, 0.1) is 5.02 Å². The number of anilines is 2. The molecule has 1 atom stereocenters. The van der Waals surface area contributed by atoms with Crippen LogP contribution in [0.2, 0.25) is 20.1 Å². The molecule has 4 N–H and O–H groups in total. The molecule has 1 unspecified atom stereocenters. The van der Waals surface area contributed by atoms with E-state index in [9.17, 15) is 24.6 Å². The number of imidazole rings is 2. The van der Waals surface area contributed by atoms with Crippen LogP contribution in [-0.4, -0.2) is 59.1 Å². The van der Waals surface area contributed by atoms with Crippen LogP contribution in [0.4, 0.5) is 32.7 Å². The number of nitrogens with zero attached hydrogens (tertiary/aromatic N) is 10. The molecule has 254 valence electrons. The highest BCUT2D eigenvalue weighted by atomic mass is 35.5. The number of aliphatic imine (C=N–C) groups is 2. The van der Waals surface area contributed by atoms with E-state index < -0.39 is 47.4 Å². The number of carbonyl (C=O) groups is 3. The Balaban J connectivity index is 1.30. The van der Waals surface area contributed by atoms with Crippen molar-refractivity contribution in [3.63, 3.8) is 0 Å². The number of amides is 4. The van der Waals surface area contributed by atoms with Crippen molar-refractivity contribution in [1.82, 2.24) is 19.1 Å². The predicted molar refractivity (Wildman–Crippen MR) is 186 cm³/mol. The summed E-state index contributed by atoms with van der Waals surface area (Å²) in [6, 6.07) is 14.7. The Morgan fingerprint density at radius 2 is 1.24 bits per heavy atom. The number of aromatic hydroxyl groups is 2. The van der Waals surface area contributed by atoms with E-state index >= 15 is 0 Å². The fourth-order valence-electron chi connectivity index (χ4n) is 4.93. The Morgan fingerprint density at radius 3 is 1.82 bits per heavy atom. The van der Waals surface area contributed by atoms with Crippen molar-refractivity contribution in [2.75, 3.05) is 10.6 Å². The standard InChI is InChI=1S/C30H16Cl4N12O5/c31-12-1-6-15(7-2-12)35-29(50)39-27-42-41-23-24(48)38-22(45(23)27)19(21(47)17-10-5-14(33)11-18(17)34)20-25(49)46-26(37-20)43-44-28(46)40-30(51)36-16-8-3-13(32)4-9-16/h1-11,19,48-49H,(H,35,50)(H,36,51)/b39-27+,40-28+. The minimum Gasteiger partial charge on any atom is -0.493 e. The van der Waals surface area contributed by atoms with Gasteiger partial charge in [-0.05, 0) is 66.7 Å². The van der Waals surface area contributed by atoms with E-state index in [1.54, 1.807) is 36.4 Å². The van der Waals surface area contributed by atoms with Gasteiger partial charge in [0.25, 0.3) is 23.7 Å². The highest BCUT2D eigenvalue weighted by molar-refractivity contribution is 6.37. The lowest BCUT2D eigenvalue weighted by molar-refractivity contribution is 0.0968. The summed E-state index contributed by atoms with van der Waals surface area (Å²) in [5.74, 6) is -5.58. The number of hydrogen-bond acceptors (Lipinski definition) is 9. The highest BCUT2D eigenvalue weighted by Crippen LogP contribution is 2.43. The van der Waals surface area contributed by atoms with E-state index in [1.165, 1.54) is 30.3 Å². The van der Waals surface area contributed by atoms with Crippen LogP contribution in [0.3, 0.4) is 0 Å². The molecule has 0 spiro atoms. The maximum Gasteiger partial charge on any atom is 0.348 e. The summed E-state index contributed by atoms with van der Waals surface area (Å²) in [5.41, 5.74) is 0.261. The molecular formula is C30H16Cl4N12O5.